The third-order valence-electron chi connectivity index (χ3n) is 5.51. The third-order valence-corrected chi connectivity index (χ3v) is 5.51. The molecule has 0 saturated carbocycles. The number of esters is 1. The largest absolute Gasteiger partial charge is 0.497 e. The average Bonchev–Trinajstić information content (AvgIpc) is 3.23. The van der Waals surface area contributed by atoms with Gasteiger partial charge in [0.15, 0.2) is 11.5 Å². The van der Waals surface area contributed by atoms with E-state index in [1.165, 1.54) is 18.1 Å². The summed E-state index contributed by atoms with van der Waals surface area (Å²) in [5.74, 6) is 2.26. The normalized spacial score (nSPS) is 12.5. The zero-order valence-corrected chi connectivity index (χ0v) is 17.5. The highest BCUT2D eigenvalue weighted by Crippen LogP contribution is 2.40. The van der Waals surface area contributed by atoms with Crippen molar-refractivity contribution in [2.75, 3.05) is 27.6 Å². The molecule has 1 aliphatic rings. The first-order chi connectivity index (χ1) is 14.7. The number of benzene rings is 3. The van der Waals surface area contributed by atoms with Crippen LogP contribution in [0.3, 0.4) is 0 Å². The molecule has 1 N–H and O–H groups in total. The van der Waals surface area contributed by atoms with Crippen LogP contribution in [0.1, 0.15) is 31.2 Å². The zero-order chi connectivity index (χ0) is 20.9. The van der Waals surface area contributed by atoms with Crippen molar-refractivity contribution in [3.63, 3.8) is 0 Å². The molecule has 0 aromatic heterocycles. The van der Waals surface area contributed by atoms with Crippen molar-refractivity contribution >= 4 is 27.5 Å². The van der Waals surface area contributed by atoms with Gasteiger partial charge in [0.25, 0.3) is 0 Å². The molecular formula is C24H27NO5. The van der Waals surface area contributed by atoms with Gasteiger partial charge >= 0.3 is 5.97 Å². The summed E-state index contributed by atoms with van der Waals surface area (Å²) in [5, 5.41) is 8.12. The van der Waals surface area contributed by atoms with Gasteiger partial charge in [-0.1, -0.05) is 12.5 Å². The van der Waals surface area contributed by atoms with E-state index in [1.807, 2.05) is 12.1 Å². The molecule has 0 spiro atoms. The van der Waals surface area contributed by atoms with E-state index in [4.69, 9.17) is 14.2 Å². The number of ether oxygens (including phenoxy) is 4. The Morgan fingerprint density at radius 3 is 2.60 bits per heavy atom. The van der Waals surface area contributed by atoms with Crippen molar-refractivity contribution in [3.8, 4) is 17.2 Å². The first-order valence-electron chi connectivity index (χ1n) is 10.3. The number of rotatable bonds is 9. The first-order valence-corrected chi connectivity index (χ1v) is 10.3. The van der Waals surface area contributed by atoms with Crippen LogP contribution in [0.25, 0.3) is 21.5 Å². The molecule has 3 aromatic rings. The van der Waals surface area contributed by atoms with Gasteiger partial charge in [0.2, 0.25) is 6.79 Å². The minimum Gasteiger partial charge on any atom is -0.497 e. The maximum atomic E-state index is 11.2. The number of carbonyl (C=O) groups is 1. The van der Waals surface area contributed by atoms with Crippen molar-refractivity contribution in [3.05, 3.63) is 42.0 Å². The second-order valence-corrected chi connectivity index (χ2v) is 7.44. The second kappa shape index (κ2) is 9.22. The van der Waals surface area contributed by atoms with E-state index in [0.29, 0.717) is 6.42 Å². The van der Waals surface area contributed by atoms with Gasteiger partial charge in [0.05, 0.1) is 14.2 Å². The summed E-state index contributed by atoms with van der Waals surface area (Å²) in [4.78, 5) is 11.2. The summed E-state index contributed by atoms with van der Waals surface area (Å²) in [5.41, 5.74) is 1.23. The van der Waals surface area contributed by atoms with Crippen LogP contribution in [-0.2, 0) is 16.1 Å². The Morgan fingerprint density at radius 1 is 0.967 bits per heavy atom. The molecule has 30 heavy (non-hydrogen) atoms. The maximum Gasteiger partial charge on any atom is 0.305 e. The topological polar surface area (TPSA) is 66.0 Å². The summed E-state index contributed by atoms with van der Waals surface area (Å²) < 4.78 is 21.3. The monoisotopic (exact) mass is 409 g/mol. The molecule has 1 heterocycles. The van der Waals surface area contributed by atoms with E-state index in [1.54, 1.807) is 7.11 Å². The van der Waals surface area contributed by atoms with E-state index in [9.17, 15) is 4.79 Å². The highest BCUT2D eigenvalue weighted by molar-refractivity contribution is 6.10. The Balaban J connectivity index is 1.52. The van der Waals surface area contributed by atoms with Gasteiger partial charge in [0, 0.05) is 13.0 Å². The molecular weight excluding hydrogens is 382 g/mol. The van der Waals surface area contributed by atoms with Crippen LogP contribution in [0.4, 0.5) is 0 Å². The minimum atomic E-state index is -0.137. The lowest BCUT2D eigenvalue weighted by atomic mass is 9.96. The smallest absolute Gasteiger partial charge is 0.305 e. The SMILES string of the molecule is COC(=O)CCCCCNCc1cc2cc3c(cc2c2cc(OC)ccc12)OCO3. The molecule has 158 valence electrons. The van der Waals surface area contributed by atoms with Gasteiger partial charge in [0.1, 0.15) is 5.75 Å². The van der Waals surface area contributed by atoms with E-state index < -0.39 is 0 Å². The Labute approximate surface area is 176 Å². The molecule has 0 fully saturated rings. The molecule has 0 atom stereocenters. The van der Waals surface area contributed by atoms with Crippen LogP contribution in [0, 0.1) is 0 Å². The zero-order valence-electron chi connectivity index (χ0n) is 17.5. The Morgan fingerprint density at radius 2 is 1.80 bits per heavy atom. The van der Waals surface area contributed by atoms with Crippen LogP contribution in [0.15, 0.2) is 36.4 Å². The maximum absolute atomic E-state index is 11.2. The van der Waals surface area contributed by atoms with Gasteiger partial charge in [-0.2, -0.15) is 0 Å². The van der Waals surface area contributed by atoms with Crippen molar-refractivity contribution in [1.82, 2.24) is 5.32 Å². The first kappa shape index (κ1) is 20.3. The lowest BCUT2D eigenvalue weighted by Crippen LogP contribution is -2.15. The minimum absolute atomic E-state index is 0.137. The van der Waals surface area contributed by atoms with Gasteiger partial charge in [-0.25, -0.2) is 0 Å². The van der Waals surface area contributed by atoms with E-state index in [0.717, 1.165) is 65.8 Å². The number of fused-ring (bicyclic) bond motifs is 4. The Kier molecular flexibility index (Phi) is 6.23. The number of carbonyl (C=O) groups excluding carboxylic acids is 1. The number of hydrogen-bond donors (Lipinski definition) is 1. The molecule has 6 nitrogen and oxygen atoms in total. The van der Waals surface area contributed by atoms with E-state index >= 15 is 0 Å². The molecule has 0 amide bonds. The van der Waals surface area contributed by atoms with Gasteiger partial charge in [-0.15, -0.1) is 0 Å². The van der Waals surface area contributed by atoms with E-state index in [2.05, 4.69) is 34.3 Å². The molecule has 4 rings (SSSR count). The van der Waals surface area contributed by atoms with Gasteiger partial charge < -0.3 is 24.3 Å². The predicted molar refractivity (Wildman–Crippen MR) is 116 cm³/mol. The molecule has 6 heteroatoms. The summed E-state index contributed by atoms with van der Waals surface area (Å²) >= 11 is 0. The summed E-state index contributed by atoms with van der Waals surface area (Å²) in [6, 6.07) is 12.5. The van der Waals surface area contributed by atoms with Crippen LogP contribution in [0.5, 0.6) is 17.2 Å². The lowest BCUT2D eigenvalue weighted by Gasteiger charge is -2.13. The molecule has 0 saturated heterocycles. The summed E-state index contributed by atoms with van der Waals surface area (Å²) in [7, 11) is 3.12. The highest BCUT2D eigenvalue weighted by Gasteiger charge is 2.17. The number of nitrogens with one attached hydrogen (secondary N) is 1. The standard InChI is InChI=1S/C24H27NO5/c1-27-18-7-8-19-17(14-25-9-5-3-4-6-24(26)28-2)10-16-11-22-23(30-15-29-22)13-20(16)21(19)12-18/h7-8,10-13,25H,3-6,9,14-15H2,1-2H3. The molecule has 0 bridgehead atoms. The number of hydrogen-bond acceptors (Lipinski definition) is 6. The number of methoxy groups -OCH3 is 2. The molecule has 0 unspecified atom stereocenters. The fraction of sp³-hybridized carbons (Fsp3) is 0.375. The van der Waals surface area contributed by atoms with Gasteiger partial charge in [-0.3, -0.25) is 4.79 Å². The molecule has 0 aliphatic carbocycles. The average molecular weight is 409 g/mol. The van der Waals surface area contributed by atoms with Crippen molar-refractivity contribution in [2.24, 2.45) is 0 Å². The van der Waals surface area contributed by atoms with Crippen LogP contribution in [-0.4, -0.2) is 33.5 Å². The van der Waals surface area contributed by atoms with Gasteiger partial charge in [-0.05, 0) is 76.8 Å². The van der Waals surface area contributed by atoms with Crippen molar-refractivity contribution in [2.45, 2.75) is 32.2 Å². The second-order valence-electron chi connectivity index (χ2n) is 7.44. The fourth-order valence-electron chi connectivity index (χ4n) is 3.90. The predicted octanol–water partition coefficient (Wildman–Crippen LogP) is 4.55. The van der Waals surface area contributed by atoms with Crippen molar-refractivity contribution < 1.29 is 23.7 Å². The quantitative estimate of drug-likeness (QED) is 0.318. The van der Waals surface area contributed by atoms with E-state index in [-0.39, 0.29) is 12.8 Å². The summed E-state index contributed by atoms with van der Waals surface area (Å²) in [6.07, 6.45) is 3.38. The van der Waals surface area contributed by atoms with Crippen molar-refractivity contribution in [1.29, 1.82) is 0 Å². The van der Waals surface area contributed by atoms with Crippen LogP contribution < -0.4 is 19.5 Å². The Bertz CT molecular complexity index is 1060. The molecule has 3 aromatic carbocycles. The molecule has 1 aliphatic heterocycles. The fourth-order valence-corrected chi connectivity index (χ4v) is 3.90. The third kappa shape index (κ3) is 4.28. The van der Waals surface area contributed by atoms with Crippen LogP contribution >= 0.6 is 0 Å². The highest BCUT2D eigenvalue weighted by atomic mass is 16.7. The molecule has 0 radical (unpaired) electrons. The number of unbranched alkanes of at least 4 members (excludes halogenated alkanes) is 2. The summed E-state index contributed by atoms with van der Waals surface area (Å²) in [6.45, 7) is 1.93. The Hall–Kier alpha value is -2.99. The van der Waals surface area contributed by atoms with Crippen LogP contribution in [0.2, 0.25) is 0 Å². The lowest BCUT2D eigenvalue weighted by molar-refractivity contribution is -0.140.